The number of hydrogen-bond acceptors (Lipinski definition) is 8. The number of anilines is 1. The maximum atomic E-state index is 12.7. The van der Waals surface area contributed by atoms with Crippen LogP contribution < -0.4 is 10.4 Å². The first-order valence-corrected chi connectivity index (χ1v) is 12.5. The quantitative estimate of drug-likeness (QED) is 0.184. The summed E-state index contributed by atoms with van der Waals surface area (Å²) in [5.41, 5.74) is 5.67. The molecule has 1 amide bonds. The second-order valence-corrected chi connectivity index (χ2v) is 9.33. The van der Waals surface area contributed by atoms with Crippen molar-refractivity contribution in [2.45, 2.75) is 12.5 Å². The average Bonchev–Trinajstić information content (AvgIpc) is 3.58. The Labute approximate surface area is 220 Å². The lowest BCUT2D eigenvalue weighted by Crippen LogP contribution is -2.20. The smallest absolute Gasteiger partial charge is 0.266 e. The topological polar surface area (TPSA) is 113 Å². The number of nitrogens with zero attached hydrogens (tertiary/aromatic N) is 5. The monoisotopic (exact) mass is 530 g/mol. The van der Waals surface area contributed by atoms with Gasteiger partial charge in [0.05, 0.1) is 28.5 Å². The van der Waals surface area contributed by atoms with Crippen LogP contribution in [0, 0.1) is 10.1 Å². The summed E-state index contributed by atoms with van der Waals surface area (Å²) in [6.45, 7) is 0. The molecule has 0 radical (unpaired) electrons. The lowest BCUT2D eigenvalue weighted by Gasteiger charge is -2.21. The van der Waals surface area contributed by atoms with E-state index in [9.17, 15) is 14.9 Å². The SMILES string of the molecule is O=C(NN=Cc1ccccc1[N+](=O)[O-])c1csc(N2N=C(c3ccccc3)CC2c2ccc(Cl)cc2)n1. The van der Waals surface area contributed by atoms with Gasteiger partial charge in [-0.25, -0.2) is 15.4 Å². The second kappa shape index (κ2) is 10.7. The fourth-order valence-corrected chi connectivity index (χ4v) is 4.82. The van der Waals surface area contributed by atoms with Gasteiger partial charge in [-0.05, 0) is 29.3 Å². The van der Waals surface area contributed by atoms with Crippen LogP contribution in [0.4, 0.5) is 10.8 Å². The predicted molar refractivity (Wildman–Crippen MR) is 145 cm³/mol. The standard InChI is InChI=1S/C26H19ClN6O3S/c27-20-12-10-18(11-13-20)24-14-21(17-6-2-1-3-7-17)31-32(24)26-29-22(16-37-26)25(34)30-28-15-19-8-4-5-9-23(19)33(35)36/h1-13,15-16,24H,14H2,(H,30,34). The summed E-state index contributed by atoms with van der Waals surface area (Å²) >= 11 is 7.39. The van der Waals surface area contributed by atoms with Crippen LogP contribution in [0.5, 0.6) is 0 Å². The van der Waals surface area contributed by atoms with Gasteiger partial charge in [0.15, 0.2) is 0 Å². The minimum absolute atomic E-state index is 0.106. The number of hydrazone groups is 2. The molecule has 2 heterocycles. The molecule has 0 saturated carbocycles. The summed E-state index contributed by atoms with van der Waals surface area (Å²) in [5, 5.41) is 24.5. The number of nitro groups is 1. The largest absolute Gasteiger partial charge is 0.290 e. The Kier molecular flexibility index (Phi) is 7.02. The van der Waals surface area contributed by atoms with Gasteiger partial charge in [-0.3, -0.25) is 14.9 Å². The number of nitrogens with one attached hydrogen (secondary N) is 1. The first kappa shape index (κ1) is 24.3. The van der Waals surface area contributed by atoms with E-state index >= 15 is 0 Å². The van der Waals surface area contributed by atoms with Crippen molar-refractivity contribution in [2.75, 3.05) is 5.01 Å². The van der Waals surface area contributed by atoms with Gasteiger partial charge >= 0.3 is 0 Å². The van der Waals surface area contributed by atoms with Crippen LogP contribution in [0.2, 0.25) is 5.02 Å². The number of halogens is 1. The summed E-state index contributed by atoms with van der Waals surface area (Å²) in [5.74, 6) is -0.535. The van der Waals surface area contributed by atoms with Crippen molar-refractivity contribution in [3.63, 3.8) is 0 Å². The third kappa shape index (κ3) is 5.40. The van der Waals surface area contributed by atoms with Gasteiger partial charge in [0.2, 0.25) is 5.13 Å². The van der Waals surface area contributed by atoms with Crippen molar-refractivity contribution in [2.24, 2.45) is 10.2 Å². The van der Waals surface area contributed by atoms with E-state index in [1.54, 1.807) is 23.6 Å². The Hall–Kier alpha value is -4.41. The molecule has 11 heteroatoms. The molecule has 9 nitrogen and oxygen atoms in total. The molecule has 1 aliphatic heterocycles. The molecule has 0 fully saturated rings. The molecule has 0 saturated heterocycles. The Morgan fingerprint density at radius 2 is 1.84 bits per heavy atom. The maximum absolute atomic E-state index is 12.7. The van der Waals surface area contributed by atoms with Gasteiger partial charge in [0, 0.05) is 22.9 Å². The predicted octanol–water partition coefficient (Wildman–Crippen LogP) is 5.82. The van der Waals surface area contributed by atoms with Crippen molar-refractivity contribution in [1.29, 1.82) is 0 Å². The van der Waals surface area contributed by atoms with Gasteiger partial charge in [-0.1, -0.05) is 66.2 Å². The van der Waals surface area contributed by atoms with E-state index in [0.29, 0.717) is 16.6 Å². The molecule has 1 atom stereocenters. The Balaban J connectivity index is 1.37. The van der Waals surface area contributed by atoms with Gasteiger partial charge in [-0.15, -0.1) is 11.3 Å². The number of aromatic nitrogens is 1. The van der Waals surface area contributed by atoms with Crippen LogP contribution in [0.15, 0.2) is 94.4 Å². The van der Waals surface area contributed by atoms with Crippen molar-refractivity contribution >= 4 is 51.6 Å². The van der Waals surface area contributed by atoms with E-state index in [1.165, 1.54) is 23.6 Å². The van der Waals surface area contributed by atoms with E-state index in [-0.39, 0.29) is 23.0 Å². The zero-order chi connectivity index (χ0) is 25.8. The third-order valence-corrected chi connectivity index (χ3v) is 6.78. The third-order valence-electron chi connectivity index (χ3n) is 5.70. The van der Waals surface area contributed by atoms with E-state index in [1.807, 2.05) is 59.6 Å². The first-order valence-electron chi connectivity index (χ1n) is 11.2. The Morgan fingerprint density at radius 1 is 1.11 bits per heavy atom. The molecule has 1 aliphatic rings. The minimum atomic E-state index is -0.535. The number of nitro benzene ring substituents is 1. The van der Waals surface area contributed by atoms with Crippen molar-refractivity contribution in [1.82, 2.24) is 10.4 Å². The van der Waals surface area contributed by atoms with E-state index in [4.69, 9.17) is 16.7 Å². The van der Waals surface area contributed by atoms with E-state index in [0.717, 1.165) is 16.8 Å². The first-order chi connectivity index (χ1) is 18.0. The number of carbonyl (C=O) groups excluding carboxylic acids is 1. The zero-order valence-electron chi connectivity index (χ0n) is 19.2. The number of carbonyl (C=O) groups is 1. The lowest BCUT2D eigenvalue weighted by molar-refractivity contribution is -0.385. The minimum Gasteiger partial charge on any atom is -0.266 e. The average molecular weight is 531 g/mol. The molecule has 1 unspecified atom stereocenters. The highest BCUT2D eigenvalue weighted by molar-refractivity contribution is 7.14. The number of benzene rings is 3. The normalized spacial score (nSPS) is 15.1. The van der Waals surface area contributed by atoms with Crippen LogP contribution in [0.1, 0.15) is 39.6 Å². The molecule has 1 N–H and O–H groups in total. The maximum Gasteiger partial charge on any atom is 0.290 e. The molecule has 0 aliphatic carbocycles. The molecular weight excluding hydrogens is 512 g/mol. The summed E-state index contributed by atoms with van der Waals surface area (Å²) in [6, 6.07) is 23.5. The van der Waals surface area contributed by atoms with Gasteiger partial charge in [0.25, 0.3) is 11.6 Å². The van der Waals surface area contributed by atoms with Gasteiger partial charge in [-0.2, -0.15) is 10.2 Å². The van der Waals surface area contributed by atoms with E-state index in [2.05, 4.69) is 15.5 Å². The van der Waals surface area contributed by atoms with Gasteiger partial charge in [0.1, 0.15) is 5.69 Å². The summed E-state index contributed by atoms with van der Waals surface area (Å²) in [6.07, 6.45) is 1.89. The summed E-state index contributed by atoms with van der Waals surface area (Å²) in [7, 11) is 0. The molecular formula is C26H19ClN6O3S. The summed E-state index contributed by atoms with van der Waals surface area (Å²) in [4.78, 5) is 27.8. The Morgan fingerprint density at radius 3 is 2.59 bits per heavy atom. The highest BCUT2D eigenvalue weighted by atomic mass is 35.5. The van der Waals surface area contributed by atoms with Crippen molar-refractivity contribution < 1.29 is 9.72 Å². The number of para-hydroxylation sites is 1. The van der Waals surface area contributed by atoms with Gasteiger partial charge < -0.3 is 0 Å². The molecule has 5 rings (SSSR count). The zero-order valence-corrected chi connectivity index (χ0v) is 20.8. The fourth-order valence-electron chi connectivity index (χ4n) is 3.89. The molecule has 3 aromatic carbocycles. The molecule has 1 aromatic heterocycles. The van der Waals surface area contributed by atoms with E-state index < -0.39 is 10.8 Å². The molecule has 184 valence electrons. The molecule has 37 heavy (non-hydrogen) atoms. The summed E-state index contributed by atoms with van der Waals surface area (Å²) < 4.78 is 0. The highest BCUT2D eigenvalue weighted by Crippen LogP contribution is 2.38. The lowest BCUT2D eigenvalue weighted by atomic mass is 9.99. The number of thiazole rings is 1. The fraction of sp³-hybridized carbons (Fsp3) is 0.0769. The highest BCUT2D eigenvalue weighted by Gasteiger charge is 2.32. The number of amides is 1. The Bertz CT molecular complexity index is 1500. The van der Waals surface area contributed by atoms with Crippen LogP contribution in [-0.4, -0.2) is 27.7 Å². The van der Waals surface area contributed by atoms with Crippen LogP contribution in [0.25, 0.3) is 0 Å². The van der Waals surface area contributed by atoms with Crippen molar-refractivity contribution in [3.8, 4) is 0 Å². The van der Waals surface area contributed by atoms with Crippen LogP contribution in [0.3, 0.4) is 0 Å². The number of hydrogen-bond donors (Lipinski definition) is 1. The molecule has 4 aromatic rings. The molecule has 0 spiro atoms. The van der Waals surface area contributed by atoms with Crippen molar-refractivity contribution in [3.05, 3.63) is 122 Å². The van der Waals surface area contributed by atoms with Crippen LogP contribution >= 0.6 is 22.9 Å². The second-order valence-electron chi connectivity index (χ2n) is 8.06. The van der Waals surface area contributed by atoms with Crippen LogP contribution in [-0.2, 0) is 0 Å². The number of rotatable bonds is 7. The molecule has 0 bridgehead atoms.